The Morgan fingerprint density at radius 3 is 2.79 bits per heavy atom. The Morgan fingerprint density at radius 1 is 1.36 bits per heavy atom. The van der Waals surface area contributed by atoms with Crippen LogP contribution in [0.5, 0.6) is 0 Å². The van der Waals surface area contributed by atoms with Gasteiger partial charge < -0.3 is 9.67 Å². The van der Waals surface area contributed by atoms with Gasteiger partial charge in [-0.15, -0.1) is 0 Å². The third-order valence-corrected chi connectivity index (χ3v) is 2.63. The average molecular weight is 189 g/mol. The molecule has 2 rings (SSSR count). The van der Waals surface area contributed by atoms with E-state index < -0.39 is 0 Å². The molecule has 0 amide bonds. The van der Waals surface area contributed by atoms with E-state index in [2.05, 4.69) is 36.6 Å². The molecule has 2 aromatic rings. The van der Waals surface area contributed by atoms with Crippen molar-refractivity contribution in [1.82, 2.24) is 4.57 Å². The zero-order valence-electron chi connectivity index (χ0n) is 8.62. The van der Waals surface area contributed by atoms with Crippen molar-refractivity contribution in [2.24, 2.45) is 0 Å². The van der Waals surface area contributed by atoms with Gasteiger partial charge in [0.2, 0.25) is 0 Å². The van der Waals surface area contributed by atoms with Gasteiger partial charge in [0.25, 0.3) is 0 Å². The van der Waals surface area contributed by atoms with Gasteiger partial charge in [-0.3, -0.25) is 0 Å². The first-order valence-corrected chi connectivity index (χ1v) is 4.95. The SMILES string of the molecule is CCn1cc(CO)c2ccc(C)cc21. The first kappa shape index (κ1) is 9.28. The van der Waals surface area contributed by atoms with Crippen LogP contribution in [0.1, 0.15) is 18.1 Å². The van der Waals surface area contributed by atoms with E-state index >= 15 is 0 Å². The second-order valence-corrected chi connectivity index (χ2v) is 3.62. The van der Waals surface area contributed by atoms with Crippen molar-refractivity contribution in [3.05, 3.63) is 35.5 Å². The molecule has 0 saturated heterocycles. The summed E-state index contributed by atoms with van der Waals surface area (Å²) in [7, 11) is 0. The Hall–Kier alpha value is -1.28. The topological polar surface area (TPSA) is 25.2 Å². The molecule has 0 aliphatic heterocycles. The molecule has 0 aliphatic carbocycles. The molecule has 0 fully saturated rings. The molecule has 0 unspecified atom stereocenters. The third-order valence-electron chi connectivity index (χ3n) is 2.63. The molecule has 1 aromatic heterocycles. The van der Waals surface area contributed by atoms with Crippen LogP contribution in [-0.2, 0) is 13.2 Å². The van der Waals surface area contributed by atoms with Crippen molar-refractivity contribution in [2.75, 3.05) is 0 Å². The number of benzene rings is 1. The van der Waals surface area contributed by atoms with E-state index in [0.717, 1.165) is 12.1 Å². The van der Waals surface area contributed by atoms with Gasteiger partial charge in [-0.05, 0) is 25.5 Å². The summed E-state index contributed by atoms with van der Waals surface area (Å²) in [6.07, 6.45) is 2.03. The smallest absolute Gasteiger partial charge is 0.0702 e. The van der Waals surface area contributed by atoms with E-state index in [1.54, 1.807) is 0 Å². The van der Waals surface area contributed by atoms with Gasteiger partial charge in [-0.2, -0.15) is 0 Å². The normalized spacial score (nSPS) is 11.1. The number of aryl methyl sites for hydroxylation is 2. The molecule has 1 aromatic carbocycles. The van der Waals surface area contributed by atoms with Gasteiger partial charge in [-0.25, -0.2) is 0 Å². The number of rotatable bonds is 2. The summed E-state index contributed by atoms with van der Waals surface area (Å²) in [5.41, 5.74) is 3.49. The zero-order valence-corrected chi connectivity index (χ0v) is 8.62. The lowest BCUT2D eigenvalue weighted by Gasteiger charge is -2.00. The Bertz CT molecular complexity index is 457. The summed E-state index contributed by atoms with van der Waals surface area (Å²) in [5.74, 6) is 0. The van der Waals surface area contributed by atoms with Crippen LogP contribution in [0.15, 0.2) is 24.4 Å². The van der Waals surface area contributed by atoms with Gasteiger partial charge in [-0.1, -0.05) is 12.1 Å². The fourth-order valence-corrected chi connectivity index (χ4v) is 1.87. The molecule has 74 valence electrons. The van der Waals surface area contributed by atoms with Gasteiger partial charge in [0.05, 0.1) is 6.61 Å². The fraction of sp³-hybridized carbons (Fsp3) is 0.333. The third kappa shape index (κ3) is 1.32. The summed E-state index contributed by atoms with van der Waals surface area (Å²) in [5, 5.41) is 10.4. The first-order chi connectivity index (χ1) is 6.76. The average Bonchev–Trinajstić information content (AvgIpc) is 2.55. The van der Waals surface area contributed by atoms with E-state index in [-0.39, 0.29) is 6.61 Å². The number of aromatic nitrogens is 1. The lowest BCUT2D eigenvalue weighted by atomic mass is 10.1. The molecular weight excluding hydrogens is 174 g/mol. The van der Waals surface area contributed by atoms with Crippen LogP contribution in [0.25, 0.3) is 10.9 Å². The van der Waals surface area contributed by atoms with E-state index in [0.29, 0.717) is 0 Å². The zero-order chi connectivity index (χ0) is 10.1. The van der Waals surface area contributed by atoms with Crippen LogP contribution in [0.4, 0.5) is 0 Å². The molecule has 14 heavy (non-hydrogen) atoms. The highest BCUT2D eigenvalue weighted by molar-refractivity contribution is 5.84. The van der Waals surface area contributed by atoms with E-state index in [4.69, 9.17) is 0 Å². The standard InChI is InChI=1S/C12H15NO/c1-3-13-7-10(8-14)11-5-4-9(2)6-12(11)13/h4-7,14H,3,8H2,1-2H3. The quantitative estimate of drug-likeness (QED) is 0.771. The predicted molar refractivity (Wildman–Crippen MR) is 58.3 cm³/mol. The number of fused-ring (bicyclic) bond motifs is 1. The summed E-state index contributed by atoms with van der Waals surface area (Å²) in [6.45, 7) is 5.26. The number of aliphatic hydroxyl groups excluding tert-OH is 1. The molecule has 2 heteroatoms. The summed E-state index contributed by atoms with van der Waals surface area (Å²) >= 11 is 0. The maximum absolute atomic E-state index is 9.20. The Labute approximate surface area is 83.8 Å². The molecule has 0 radical (unpaired) electrons. The van der Waals surface area contributed by atoms with Gasteiger partial charge in [0.1, 0.15) is 0 Å². The molecule has 0 atom stereocenters. The molecule has 0 spiro atoms. The van der Waals surface area contributed by atoms with E-state index in [9.17, 15) is 5.11 Å². The van der Waals surface area contributed by atoms with Crippen LogP contribution in [0.3, 0.4) is 0 Å². The maximum atomic E-state index is 9.20. The second-order valence-electron chi connectivity index (χ2n) is 3.62. The van der Waals surface area contributed by atoms with E-state index in [1.807, 2.05) is 6.20 Å². The van der Waals surface area contributed by atoms with Crippen molar-refractivity contribution in [3.8, 4) is 0 Å². The van der Waals surface area contributed by atoms with Crippen molar-refractivity contribution in [3.63, 3.8) is 0 Å². The van der Waals surface area contributed by atoms with Crippen molar-refractivity contribution < 1.29 is 5.11 Å². The Kier molecular flexibility index (Phi) is 2.30. The largest absolute Gasteiger partial charge is 0.392 e. The number of nitrogens with zero attached hydrogens (tertiary/aromatic N) is 1. The van der Waals surface area contributed by atoms with Crippen molar-refractivity contribution in [2.45, 2.75) is 27.0 Å². The monoisotopic (exact) mass is 189 g/mol. The minimum Gasteiger partial charge on any atom is -0.392 e. The van der Waals surface area contributed by atoms with Crippen molar-refractivity contribution >= 4 is 10.9 Å². The molecule has 0 saturated carbocycles. The highest BCUT2D eigenvalue weighted by Gasteiger charge is 2.05. The number of aliphatic hydroxyl groups is 1. The number of hydrogen-bond donors (Lipinski definition) is 1. The van der Waals surface area contributed by atoms with E-state index in [1.165, 1.54) is 16.5 Å². The minimum absolute atomic E-state index is 0.118. The van der Waals surface area contributed by atoms with Crippen LogP contribution in [0, 0.1) is 6.92 Å². The minimum atomic E-state index is 0.118. The Morgan fingerprint density at radius 2 is 2.14 bits per heavy atom. The van der Waals surface area contributed by atoms with Crippen LogP contribution in [0.2, 0.25) is 0 Å². The van der Waals surface area contributed by atoms with Crippen LogP contribution >= 0.6 is 0 Å². The van der Waals surface area contributed by atoms with Gasteiger partial charge >= 0.3 is 0 Å². The summed E-state index contributed by atoms with van der Waals surface area (Å²) in [4.78, 5) is 0. The van der Waals surface area contributed by atoms with Gasteiger partial charge in [0.15, 0.2) is 0 Å². The predicted octanol–water partition coefficient (Wildman–Crippen LogP) is 2.46. The molecule has 0 aliphatic rings. The summed E-state index contributed by atoms with van der Waals surface area (Å²) < 4.78 is 2.17. The Balaban J connectivity index is 2.75. The second kappa shape index (κ2) is 3.46. The lowest BCUT2D eigenvalue weighted by molar-refractivity contribution is 0.283. The molecule has 1 heterocycles. The molecular formula is C12H15NO. The highest BCUT2D eigenvalue weighted by atomic mass is 16.3. The first-order valence-electron chi connectivity index (χ1n) is 4.95. The molecule has 0 bridgehead atoms. The van der Waals surface area contributed by atoms with Crippen LogP contribution < -0.4 is 0 Å². The number of hydrogen-bond acceptors (Lipinski definition) is 1. The lowest BCUT2D eigenvalue weighted by Crippen LogP contribution is -1.90. The summed E-state index contributed by atoms with van der Waals surface area (Å²) in [6, 6.07) is 6.34. The molecule has 1 N–H and O–H groups in total. The fourth-order valence-electron chi connectivity index (χ4n) is 1.87. The highest BCUT2D eigenvalue weighted by Crippen LogP contribution is 2.22. The van der Waals surface area contributed by atoms with Crippen molar-refractivity contribution in [1.29, 1.82) is 0 Å². The molecule has 2 nitrogen and oxygen atoms in total. The van der Waals surface area contributed by atoms with Gasteiger partial charge in [0, 0.05) is 29.2 Å². The van der Waals surface area contributed by atoms with Crippen LogP contribution in [-0.4, -0.2) is 9.67 Å². The maximum Gasteiger partial charge on any atom is 0.0702 e.